The molecular formula is C27H29N3O3S. The molecule has 0 radical (unpaired) electrons. The molecule has 1 aromatic heterocycles. The van der Waals surface area contributed by atoms with E-state index in [4.69, 9.17) is 9.72 Å². The van der Waals surface area contributed by atoms with Crippen LogP contribution in [0.2, 0.25) is 0 Å². The molecule has 0 spiro atoms. The van der Waals surface area contributed by atoms with Crippen molar-refractivity contribution in [3.63, 3.8) is 0 Å². The van der Waals surface area contributed by atoms with Crippen LogP contribution in [0.5, 0.6) is 0 Å². The van der Waals surface area contributed by atoms with E-state index in [1.54, 1.807) is 11.8 Å². The van der Waals surface area contributed by atoms with Gasteiger partial charge in [-0.15, -0.1) is 0 Å². The Balaban J connectivity index is 1.36. The smallest absolute Gasteiger partial charge is 0.326 e. The number of thioether (sulfide) groups is 1. The van der Waals surface area contributed by atoms with Crippen LogP contribution < -0.4 is 5.32 Å². The molecular weight excluding hydrogens is 446 g/mol. The number of nitrogens with one attached hydrogen (secondary N) is 1. The first-order valence-electron chi connectivity index (χ1n) is 11.4. The van der Waals surface area contributed by atoms with Crippen LogP contribution >= 0.6 is 11.8 Å². The van der Waals surface area contributed by atoms with Crippen LogP contribution in [0.3, 0.4) is 0 Å². The average Bonchev–Trinajstić information content (AvgIpc) is 3.14. The monoisotopic (exact) mass is 475 g/mol. The molecule has 176 valence electrons. The van der Waals surface area contributed by atoms with Crippen LogP contribution in [0.25, 0.3) is 21.8 Å². The summed E-state index contributed by atoms with van der Waals surface area (Å²) >= 11 is 1.58. The molecule has 0 aliphatic heterocycles. The topological polar surface area (TPSA) is 73.2 Å². The number of carbonyl (C=O) groups excluding carboxylic acids is 2. The maximum Gasteiger partial charge on any atom is 0.326 e. The Kier molecular flexibility index (Phi) is 7.22. The molecule has 4 rings (SSSR count). The van der Waals surface area contributed by atoms with E-state index in [0.717, 1.165) is 39.1 Å². The molecule has 34 heavy (non-hydrogen) atoms. The predicted octanol–water partition coefficient (Wildman–Crippen LogP) is 5.44. The lowest BCUT2D eigenvalue weighted by Crippen LogP contribution is -2.26. The molecule has 6 nitrogen and oxygen atoms in total. The van der Waals surface area contributed by atoms with Crippen LogP contribution in [0.1, 0.15) is 37.6 Å². The fourth-order valence-corrected chi connectivity index (χ4v) is 4.73. The summed E-state index contributed by atoms with van der Waals surface area (Å²) < 4.78 is 7.42. The minimum Gasteiger partial charge on any atom is -0.459 e. The minimum atomic E-state index is -0.539. The molecule has 0 saturated carbocycles. The van der Waals surface area contributed by atoms with E-state index in [-0.39, 0.29) is 18.4 Å². The van der Waals surface area contributed by atoms with E-state index < -0.39 is 5.60 Å². The van der Waals surface area contributed by atoms with Gasteiger partial charge in [0.25, 0.3) is 5.91 Å². The van der Waals surface area contributed by atoms with Crippen molar-refractivity contribution in [1.29, 1.82) is 0 Å². The molecule has 7 heteroatoms. The number of aromatic nitrogens is 2. The molecule has 0 fully saturated rings. The first kappa shape index (κ1) is 23.8. The number of para-hydroxylation sites is 2. The number of imidazole rings is 1. The molecule has 0 unspecified atom stereocenters. The number of esters is 1. The van der Waals surface area contributed by atoms with Crippen molar-refractivity contribution in [2.45, 2.75) is 44.5 Å². The van der Waals surface area contributed by atoms with Crippen molar-refractivity contribution in [2.24, 2.45) is 0 Å². The van der Waals surface area contributed by atoms with Crippen molar-refractivity contribution in [3.8, 4) is 0 Å². The molecule has 1 amide bonds. The molecule has 0 saturated heterocycles. The molecule has 1 N–H and O–H groups in total. The number of carbonyl (C=O) groups is 2. The third-order valence-electron chi connectivity index (χ3n) is 5.20. The number of ether oxygens (including phenoxy) is 1. The number of benzene rings is 3. The van der Waals surface area contributed by atoms with Crippen molar-refractivity contribution < 1.29 is 14.3 Å². The summed E-state index contributed by atoms with van der Waals surface area (Å²) in [5, 5.41) is 5.80. The second-order valence-electron chi connectivity index (χ2n) is 9.04. The maximum atomic E-state index is 12.7. The predicted molar refractivity (Wildman–Crippen MR) is 137 cm³/mol. The van der Waals surface area contributed by atoms with Crippen molar-refractivity contribution in [3.05, 3.63) is 72.3 Å². The quantitative estimate of drug-likeness (QED) is 0.209. The highest BCUT2D eigenvalue weighted by Gasteiger charge is 2.20. The number of nitrogens with zero attached hydrogens (tertiary/aromatic N) is 2. The van der Waals surface area contributed by atoms with Gasteiger partial charge in [-0.05, 0) is 56.2 Å². The summed E-state index contributed by atoms with van der Waals surface area (Å²) in [6.45, 7) is 6.25. The Hall–Kier alpha value is -3.32. The summed E-state index contributed by atoms with van der Waals surface area (Å²) in [7, 11) is 0. The molecule has 0 bridgehead atoms. The Morgan fingerprint density at radius 1 is 1.00 bits per heavy atom. The van der Waals surface area contributed by atoms with Crippen LogP contribution in [-0.2, 0) is 16.1 Å². The fraction of sp³-hybridized carbons (Fsp3) is 0.296. The van der Waals surface area contributed by atoms with Crippen LogP contribution in [-0.4, -0.2) is 39.3 Å². The number of fused-ring (bicyclic) bond motifs is 2. The second kappa shape index (κ2) is 10.3. The van der Waals surface area contributed by atoms with Gasteiger partial charge < -0.3 is 14.6 Å². The SMILES string of the molecule is CC(C)(C)OC(=O)Cn1c(SCCCNC(=O)c2cccc3ccccc23)nc2ccccc21. The van der Waals surface area contributed by atoms with E-state index in [1.807, 2.05) is 92.1 Å². The van der Waals surface area contributed by atoms with E-state index in [0.29, 0.717) is 12.1 Å². The minimum absolute atomic E-state index is 0.0704. The van der Waals surface area contributed by atoms with Gasteiger partial charge in [0.2, 0.25) is 0 Å². The number of hydrogen-bond donors (Lipinski definition) is 1. The van der Waals surface area contributed by atoms with Gasteiger partial charge in [0.1, 0.15) is 12.1 Å². The molecule has 0 aliphatic rings. The van der Waals surface area contributed by atoms with E-state index in [1.165, 1.54) is 0 Å². The normalized spacial score (nSPS) is 11.6. The van der Waals surface area contributed by atoms with Crippen LogP contribution in [0.15, 0.2) is 71.9 Å². The molecule has 1 heterocycles. The highest BCUT2D eigenvalue weighted by atomic mass is 32.2. The van der Waals surface area contributed by atoms with Crippen molar-refractivity contribution in [1.82, 2.24) is 14.9 Å². The van der Waals surface area contributed by atoms with Crippen LogP contribution in [0.4, 0.5) is 0 Å². The first-order chi connectivity index (χ1) is 16.3. The third-order valence-corrected chi connectivity index (χ3v) is 6.26. The Morgan fingerprint density at radius 3 is 2.56 bits per heavy atom. The lowest BCUT2D eigenvalue weighted by molar-refractivity contribution is -0.155. The van der Waals surface area contributed by atoms with Gasteiger partial charge in [-0.1, -0.05) is 60.3 Å². The van der Waals surface area contributed by atoms with Gasteiger partial charge in [-0.3, -0.25) is 9.59 Å². The third kappa shape index (κ3) is 5.78. The highest BCUT2D eigenvalue weighted by molar-refractivity contribution is 7.99. The van der Waals surface area contributed by atoms with Gasteiger partial charge in [0.15, 0.2) is 5.16 Å². The number of rotatable bonds is 8. The zero-order valence-electron chi connectivity index (χ0n) is 19.7. The maximum absolute atomic E-state index is 12.7. The summed E-state index contributed by atoms with van der Waals surface area (Å²) in [5.41, 5.74) is 1.89. The summed E-state index contributed by atoms with van der Waals surface area (Å²) in [6, 6.07) is 21.4. The molecule has 0 aliphatic carbocycles. The Bertz CT molecular complexity index is 1320. The molecule has 0 atom stereocenters. The van der Waals surface area contributed by atoms with E-state index in [9.17, 15) is 9.59 Å². The lowest BCUT2D eigenvalue weighted by atomic mass is 10.0. The molecule has 4 aromatic rings. The standard InChI is InChI=1S/C27H29N3O3S/c1-27(2,3)33-24(31)18-30-23-15-7-6-14-22(23)29-26(30)34-17-9-16-28-25(32)21-13-8-11-19-10-4-5-12-20(19)21/h4-8,10-15H,9,16-18H2,1-3H3,(H,28,32). The summed E-state index contributed by atoms with van der Waals surface area (Å²) in [5.74, 6) is 0.395. The van der Waals surface area contributed by atoms with E-state index in [2.05, 4.69) is 5.32 Å². The number of amides is 1. The molecule has 3 aromatic carbocycles. The van der Waals surface area contributed by atoms with Crippen molar-refractivity contribution in [2.75, 3.05) is 12.3 Å². The second-order valence-corrected chi connectivity index (χ2v) is 10.1. The summed E-state index contributed by atoms with van der Waals surface area (Å²) in [6.07, 6.45) is 0.775. The Morgan fingerprint density at radius 2 is 1.74 bits per heavy atom. The average molecular weight is 476 g/mol. The summed E-state index contributed by atoms with van der Waals surface area (Å²) in [4.78, 5) is 29.9. The van der Waals surface area contributed by atoms with Gasteiger partial charge in [0.05, 0.1) is 11.0 Å². The van der Waals surface area contributed by atoms with Crippen LogP contribution in [0, 0.1) is 0 Å². The van der Waals surface area contributed by atoms with Gasteiger partial charge in [-0.2, -0.15) is 0 Å². The zero-order valence-corrected chi connectivity index (χ0v) is 20.5. The first-order valence-corrected chi connectivity index (χ1v) is 12.4. The Labute approximate surface area is 203 Å². The van der Waals surface area contributed by atoms with E-state index >= 15 is 0 Å². The largest absolute Gasteiger partial charge is 0.459 e. The van der Waals surface area contributed by atoms with Gasteiger partial charge >= 0.3 is 5.97 Å². The zero-order chi connectivity index (χ0) is 24.1. The van der Waals surface area contributed by atoms with Gasteiger partial charge in [0, 0.05) is 17.9 Å². The van der Waals surface area contributed by atoms with Gasteiger partial charge in [-0.25, -0.2) is 4.98 Å². The number of hydrogen-bond acceptors (Lipinski definition) is 5. The lowest BCUT2D eigenvalue weighted by Gasteiger charge is -2.20. The van der Waals surface area contributed by atoms with Crippen molar-refractivity contribution >= 4 is 45.4 Å². The fourth-order valence-electron chi connectivity index (χ4n) is 3.78. The highest BCUT2D eigenvalue weighted by Crippen LogP contribution is 2.25.